The summed E-state index contributed by atoms with van der Waals surface area (Å²) >= 11 is 0. The minimum atomic E-state index is 0.137. The molecule has 0 spiro atoms. The minimum absolute atomic E-state index is 0.137. The van der Waals surface area contributed by atoms with Crippen molar-refractivity contribution in [2.45, 2.75) is 57.6 Å². The predicted molar refractivity (Wildman–Crippen MR) is 76.5 cm³/mol. The Labute approximate surface area is 120 Å². The van der Waals surface area contributed by atoms with Crippen molar-refractivity contribution >= 4 is 0 Å². The Hall–Kier alpha value is -1.00. The highest BCUT2D eigenvalue weighted by Crippen LogP contribution is 2.45. The number of nitrogens with one attached hydrogen (secondary N) is 1. The number of nitrogens with zero attached hydrogens (tertiary/aromatic N) is 2. The molecule has 1 aromatic rings. The molecule has 1 N–H and O–H groups in total. The summed E-state index contributed by atoms with van der Waals surface area (Å²) in [6.07, 6.45) is 6.31. The first-order valence-electron chi connectivity index (χ1n) is 8.08. The zero-order valence-corrected chi connectivity index (χ0v) is 12.2. The lowest BCUT2D eigenvalue weighted by Gasteiger charge is -2.23. The second kappa shape index (κ2) is 5.08. The maximum Gasteiger partial charge on any atom is 0.157 e. The van der Waals surface area contributed by atoms with E-state index in [2.05, 4.69) is 12.2 Å². The lowest BCUT2D eigenvalue weighted by Crippen LogP contribution is -2.28. The quantitative estimate of drug-likeness (QED) is 0.895. The molecule has 20 heavy (non-hydrogen) atoms. The molecule has 3 aliphatic rings. The van der Waals surface area contributed by atoms with Crippen molar-refractivity contribution in [1.82, 2.24) is 15.3 Å². The second-order valence-corrected chi connectivity index (χ2v) is 6.31. The van der Waals surface area contributed by atoms with Crippen LogP contribution in [0.1, 0.15) is 67.4 Å². The van der Waals surface area contributed by atoms with E-state index in [1.165, 1.54) is 42.6 Å². The molecule has 108 valence electrons. The molecule has 2 heterocycles. The summed E-state index contributed by atoms with van der Waals surface area (Å²) in [5.74, 6) is 2.31. The number of ether oxygens (including phenoxy) is 1. The topological polar surface area (TPSA) is 47.0 Å². The van der Waals surface area contributed by atoms with Gasteiger partial charge in [-0.3, -0.25) is 0 Å². The van der Waals surface area contributed by atoms with Crippen molar-refractivity contribution < 1.29 is 4.74 Å². The molecule has 0 saturated heterocycles. The summed E-state index contributed by atoms with van der Waals surface area (Å²) in [5.41, 5.74) is 3.98. The van der Waals surface area contributed by atoms with Gasteiger partial charge in [0.15, 0.2) is 5.82 Å². The van der Waals surface area contributed by atoms with Crippen LogP contribution in [-0.4, -0.2) is 23.1 Å². The van der Waals surface area contributed by atoms with Crippen LogP contribution in [0.5, 0.6) is 0 Å². The average molecular weight is 273 g/mol. The highest BCUT2D eigenvalue weighted by atomic mass is 16.5. The Balaban J connectivity index is 1.73. The van der Waals surface area contributed by atoms with Crippen LogP contribution in [0.15, 0.2) is 0 Å². The Kier molecular flexibility index (Phi) is 3.23. The number of aromatic nitrogens is 2. The molecule has 0 bridgehead atoms. The Morgan fingerprint density at radius 3 is 2.80 bits per heavy atom. The van der Waals surface area contributed by atoms with Crippen molar-refractivity contribution in [3.8, 4) is 0 Å². The third-order valence-corrected chi connectivity index (χ3v) is 4.60. The minimum Gasteiger partial charge on any atom is -0.370 e. The van der Waals surface area contributed by atoms with Crippen molar-refractivity contribution in [1.29, 1.82) is 0 Å². The lowest BCUT2D eigenvalue weighted by molar-refractivity contribution is 0.0396. The molecule has 2 aliphatic carbocycles. The summed E-state index contributed by atoms with van der Waals surface area (Å²) in [6, 6.07) is 0. The summed E-state index contributed by atoms with van der Waals surface area (Å²) in [5, 5.41) is 3.46. The standard InChI is InChI=1S/C16H23N3O/c1-2-20-15(11-5-6-11)16-18-13-7-8-17-9-12(13)14(19-16)10-3-4-10/h10-11,15,17H,2-9H2,1H3. The summed E-state index contributed by atoms with van der Waals surface area (Å²) in [6.45, 7) is 4.81. The molecule has 2 saturated carbocycles. The zero-order valence-electron chi connectivity index (χ0n) is 12.2. The highest BCUT2D eigenvalue weighted by Gasteiger charge is 2.37. The Bertz CT molecular complexity index is 509. The lowest BCUT2D eigenvalue weighted by atomic mass is 10.0. The molecule has 4 rings (SSSR count). The predicted octanol–water partition coefficient (Wildman–Crippen LogP) is 2.49. The molecular weight excluding hydrogens is 250 g/mol. The van der Waals surface area contributed by atoms with Gasteiger partial charge in [-0.05, 0) is 38.5 Å². The van der Waals surface area contributed by atoms with Crippen molar-refractivity contribution in [3.63, 3.8) is 0 Å². The van der Waals surface area contributed by atoms with E-state index in [4.69, 9.17) is 14.7 Å². The van der Waals surface area contributed by atoms with E-state index < -0.39 is 0 Å². The summed E-state index contributed by atoms with van der Waals surface area (Å²) in [7, 11) is 0. The van der Waals surface area contributed by atoms with Gasteiger partial charge in [0, 0.05) is 37.6 Å². The maximum absolute atomic E-state index is 5.96. The molecule has 4 nitrogen and oxygen atoms in total. The van der Waals surface area contributed by atoms with Crippen LogP contribution in [0.2, 0.25) is 0 Å². The van der Waals surface area contributed by atoms with Gasteiger partial charge in [-0.2, -0.15) is 0 Å². The van der Waals surface area contributed by atoms with Crippen LogP contribution >= 0.6 is 0 Å². The monoisotopic (exact) mass is 273 g/mol. The second-order valence-electron chi connectivity index (χ2n) is 6.31. The van der Waals surface area contributed by atoms with Gasteiger partial charge in [-0.1, -0.05) is 0 Å². The first-order valence-corrected chi connectivity index (χ1v) is 8.08. The van der Waals surface area contributed by atoms with E-state index in [1.54, 1.807) is 0 Å². The molecule has 0 radical (unpaired) electrons. The third-order valence-electron chi connectivity index (χ3n) is 4.60. The van der Waals surface area contributed by atoms with Crippen LogP contribution in [0, 0.1) is 5.92 Å². The van der Waals surface area contributed by atoms with Crippen LogP contribution in [0.3, 0.4) is 0 Å². The zero-order chi connectivity index (χ0) is 13.5. The Morgan fingerprint density at radius 1 is 1.25 bits per heavy atom. The molecule has 1 aliphatic heterocycles. The Morgan fingerprint density at radius 2 is 2.10 bits per heavy atom. The van der Waals surface area contributed by atoms with E-state index in [9.17, 15) is 0 Å². The molecule has 1 unspecified atom stereocenters. The first kappa shape index (κ1) is 12.7. The van der Waals surface area contributed by atoms with E-state index >= 15 is 0 Å². The average Bonchev–Trinajstić information content (AvgIpc) is 3.36. The van der Waals surface area contributed by atoms with Crippen LogP contribution in [-0.2, 0) is 17.7 Å². The van der Waals surface area contributed by atoms with Gasteiger partial charge in [0.2, 0.25) is 0 Å². The van der Waals surface area contributed by atoms with Gasteiger partial charge in [0.05, 0.1) is 11.4 Å². The number of hydrogen-bond acceptors (Lipinski definition) is 4. The van der Waals surface area contributed by atoms with E-state index in [-0.39, 0.29) is 6.10 Å². The fraction of sp³-hybridized carbons (Fsp3) is 0.750. The maximum atomic E-state index is 5.96. The van der Waals surface area contributed by atoms with Gasteiger partial charge in [-0.25, -0.2) is 9.97 Å². The number of fused-ring (bicyclic) bond motifs is 1. The van der Waals surface area contributed by atoms with Crippen molar-refractivity contribution in [3.05, 3.63) is 22.8 Å². The smallest absolute Gasteiger partial charge is 0.157 e. The van der Waals surface area contributed by atoms with Gasteiger partial charge in [0.25, 0.3) is 0 Å². The van der Waals surface area contributed by atoms with Crippen LogP contribution in [0.4, 0.5) is 0 Å². The van der Waals surface area contributed by atoms with Gasteiger partial charge < -0.3 is 10.1 Å². The van der Waals surface area contributed by atoms with Crippen molar-refractivity contribution in [2.75, 3.05) is 13.2 Å². The third kappa shape index (κ3) is 2.35. The van der Waals surface area contributed by atoms with Crippen molar-refractivity contribution in [2.24, 2.45) is 5.92 Å². The van der Waals surface area contributed by atoms with Crippen LogP contribution in [0.25, 0.3) is 0 Å². The highest BCUT2D eigenvalue weighted by molar-refractivity contribution is 5.33. The number of rotatable bonds is 5. The summed E-state index contributed by atoms with van der Waals surface area (Å²) in [4.78, 5) is 9.84. The molecule has 1 aromatic heterocycles. The molecule has 2 fully saturated rings. The molecule has 0 amide bonds. The molecule has 1 atom stereocenters. The normalized spacial score (nSPS) is 23.4. The van der Waals surface area contributed by atoms with Gasteiger partial charge >= 0.3 is 0 Å². The summed E-state index contributed by atoms with van der Waals surface area (Å²) < 4.78 is 5.96. The molecular formula is C16H23N3O. The van der Waals surface area contributed by atoms with Gasteiger partial charge in [0.1, 0.15) is 6.10 Å². The SMILES string of the molecule is CCOC(c1nc2c(c(C3CC3)n1)CNCC2)C1CC1. The number of hydrogen-bond donors (Lipinski definition) is 1. The van der Waals surface area contributed by atoms with Crippen LogP contribution < -0.4 is 5.32 Å². The first-order chi connectivity index (χ1) is 9.86. The van der Waals surface area contributed by atoms with E-state index in [1.807, 2.05) is 0 Å². The van der Waals surface area contributed by atoms with E-state index in [0.717, 1.165) is 31.9 Å². The fourth-order valence-electron chi connectivity index (χ4n) is 3.21. The fourth-order valence-corrected chi connectivity index (χ4v) is 3.21. The largest absolute Gasteiger partial charge is 0.370 e. The molecule has 4 heteroatoms. The van der Waals surface area contributed by atoms with Gasteiger partial charge in [-0.15, -0.1) is 0 Å². The molecule has 0 aromatic carbocycles. The van der Waals surface area contributed by atoms with E-state index in [0.29, 0.717) is 11.8 Å².